The summed E-state index contributed by atoms with van der Waals surface area (Å²) in [5.74, 6) is 2.11. The number of fused-ring (bicyclic) bond motifs is 1. The van der Waals surface area contributed by atoms with Crippen LogP contribution in [0.15, 0.2) is 43.1 Å². The maximum atomic E-state index is 12.0. The van der Waals surface area contributed by atoms with Gasteiger partial charge < -0.3 is 20.1 Å². The van der Waals surface area contributed by atoms with Crippen LogP contribution in [0.25, 0.3) is 5.65 Å². The van der Waals surface area contributed by atoms with Gasteiger partial charge in [-0.15, -0.1) is 5.10 Å². The summed E-state index contributed by atoms with van der Waals surface area (Å²) in [6.07, 6.45) is 7.83. The number of rotatable bonds is 11. The molecule has 4 heterocycles. The van der Waals surface area contributed by atoms with E-state index in [1.54, 1.807) is 20.8 Å². The minimum Gasteiger partial charge on any atom is -0.442 e. The van der Waals surface area contributed by atoms with Crippen LogP contribution in [0, 0.1) is 0 Å². The van der Waals surface area contributed by atoms with E-state index >= 15 is 0 Å². The monoisotopic (exact) mass is 508 g/mol. The zero-order chi connectivity index (χ0) is 26.3. The first-order chi connectivity index (χ1) is 17.8. The molecule has 4 aromatic rings. The molecule has 0 atom stereocenters. The number of nitrogens with one attached hydrogen (secondary N) is 3. The molecule has 0 unspecified atom stereocenters. The van der Waals surface area contributed by atoms with E-state index in [0.717, 1.165) is 39.5 Å². The average molecular weight is 509 g/mol. The lowest BCUT2D eigenvalue weighted by Gasteiger charge is -2.18. The van der Waals surface area contributed by atoms with Gasteiger partial charge in [0.25, 0.3) is 0 Å². The summed E-state index contributed by atoms with van der Waals surface area (Å²) in [4.78, 5) is 24.0. The summed E-state index contributed by atoms with van der Waals surface area (Å²) in [6, 6.07) is 5.97. The Morgan fingerprint density at radius 2 is 2.08 bits per heavy atom. The number of ether oxygens (including phenoxy) is 2. The Labute approximate surface area is 215 Å². The number of H-pyrrole nitrogens is 1. The topological polar surface area (TPSA) is 135 Å². The average Bonchev–Trinajstić information content (AvgIpc) is 3.51. The molecule has 0 bridgehead atoms. The fourth-order valence-corrected chi connectivity index (χ4v) is 3.53. The molecule has 0 aromatic carbocycles. The lowest BCUT2D eigenvalue weighted by Crippen LogP contribution is -2.27. The minimum absolute atomic E-state index is 0.427. The van der Waals surface area contributed by atoms with Crippen LogP contribution in [0.2, 0.25) is 0 Å². The van der Waals surface area contributed by atoms with Crippen molar-refractivity contribution in [2.45, 2.75) is 52.7 Å². The summed E-state index contributed by atoms with van der Waals surface area (Å²) in [5, 5.41) is 15.5. The molecule has 0 saturated carbocycles. The minimum atomic E-state index is -0.591. The fourth-order valence-electron chi connectivity index (χ4n) is 3.53. The zero-order valence-electron chi connectivity index (χ0n) is 21.7. The van der Waals surface area contributed by atoms with Gasteiger partial charge in [0.2, 0.25) is 0 Å². The molecule has 0 aliphatic heterocycles. The normalized spacial score (nSPS) is 11.6. The molecule has 37 heavy (non-hydrogen) atoms. The Balaban J connectivity index is 1.28. The Bertz CT molecular complexity index is 1310. The smallest absolute Gasteiger partial charge is 0.436 e. The van der Waals surface area contributed by atoms with E-state index in [1.165, 1.54) is 6.33 Å². The molecule has 12 nitrogen and oxygen atoms in total. The highest BCUT2D eigenvalue weighted by Crippen LogP contribution is 2.20. The number of anilines is 2. The van der Waals surface area contributed by atoms with Crippen molar-refractivity contribution in [2.75, 3.05) is 30.4 Å². The SMILES string of the molecule is CCc1cnn2c(NCc3ccc[nH+]c3)cc(NCCOCCc3ncn(C(=O)OC(C)(C)C)n3)nc12. The van der Waals surface area contributed by atoms with Gasteiger partial charge in [-0.2, -0.15) is 14.3 Å². The summed E-state index contributed by atoms with van der Waals surface area (Å²) < 4.78 is 13.9. The van der Waals surface area contributed by atoms with Gasteiger partial charge in [-0.05, 0) is 33.3 Å². The third-order valence-electron chi connectivity index (χ3n) is 5.31. The molecule has 0 aliphatic carbocycles. The van der Waals surface area contributed by atoms with Gasteiger partial charge in [-0.3, -0.25) is 0 Å². The molecular weight excluding hydrogens is 474 g/mol. The van der Waals surface area contributed by atoms with Crippen molar-refractivity contribution in [3.05, 3.63) is 60.1 Å². The summed E-state index contributed by atoms with van der Waals surface area (Å²) in [6.45, 7) is 9.62. The number of carbonyl (C=O) groups is 1. The number of aryl methyl sites for hydroxylation is 1. The molecule has 0 amide bonds. The second kappa shape index (κ2) is 11.8. The molecule has 0 radical (unpaired) electrons. The molecule has 3 N–H and O–H groups in total. The number of aromatic amines is 1. The largest absolute Gasteiger partial charge is 0.442 e. The van der Waals surface area contributed by atoms with Gasteiger partial charge in [0.1, 0.15) is 23.6 Å². The van der Waals surface area contributed by atoms with Gasteiger partial charge in [0.05, 0.1) is 19.4 Å². The van der Waals surface area contributed by atoms with E-state index in [-0.39, 0.29) is 0 Å². The first kappa shape index (κ1) is 26.0. The molecule has 4 aromatic heterocycles. The van der Waals surface area contributed by atoms with E-state index in [2.05, 4.69) is 43.8 Å². The van der Waals surface area contributed by atoms with Gasteiger partial charge >= 0.3 is 6.09 Å². The first-order valence-corrected chi connectivity index (χ1v) is 12.3. The first-order valence-electron chi connectivity index (χ1n) is 12.3. The molecule has 4 rings (SSSR count). The Kier molecular flexibility index (Phi) is 8.29. The maximum Gasteiger partial charge on any atom is 0.436 e. The Morgan fingerprint density at radius 3 is 2.84 bits per heavy atom. The zero-order valence-corrected chi connectivity index (χ0v) is 21.7. The molecule has 12 heteroatoms. The number of nitrogens with zero attached hydrogens (tertiary/aromatic N) is 6. The van der Waals surface area contributed by atoms with Crippen LogP contribution in [0.3, 0.4) is 0 Å². The second-order valence-electron chi connectivity index (χ2n) is 9.43. The molecule has 0 saturated heterocycles. The molecule has 196 valence electrons. The summed E-state index contributed by atoms with van der Waals surface area (Å²) in [5.41, 5.74) is 2.44. The summed E-state index contributed by atoms with van der Waals surface area (Å²) >= 11 is 0. The van der Waals surface area contributed by atoms with Crippen LogP contribution < -0.4 is 15.6 Å². The van der Waals surface area contributed by atoms with Crippen LogP contribution in [0.4, 0.5) is 16.4 Å². The van der Waals surface area contributed by atoms with E-state index in [4.69, 9.17) is 14.5 Å². The van der Waals surface area contributed by atoms with Gasteiger partial charge in [-0.25, -0.2) is 19.7 Å². The lowest BCUT2D eigenvalue weighted by molar-refractivity contribution is -0.378. The summed E-state index contributed by atoms with van der Waals surface area (Å²) in [7, 11) is 0. The van der Waals surface area contributed by atoms with E-state index < -0.39 is 11.7 Å². The second-order valence-corrected chi connectivity index (χ2v) is 9.43. The van der Waals surface area contributed by atoms with Crippen LogP contribution in [-0.4, -0.2) is 60.8 Å². The Morgan fingerprint density at radius 1 is 1.22 bits per heavy atom. The number of aromatic nitrogens is 7. The van der Waals surface area contributed by atoms with Crippen molar-refractivity contribution in [3.63, 3.8) is 0 Å². The van der Waals surface area contributed by atoms with Crippen LogP contribution in [0.1, 0.15) is 44.6 Å². The highest BCUT2D eigenvalue weighted by atomic mass is 16.6. The standard InChI is InChI=1S/C25H33N9O3/c1-5-19-16-30-34-22(28-15-18-7-6-9-26-14-18)13-21(31-23(19)34)27-10-12-36-11-8-20-29-17-33(32-20)24(35)37-25(2,3)4/h6-7,9,13-14,16-17,28H,5,8,10-12,15H2,1-4H3,(H,27,31)/p+1. The lowest BCUT2D eigenvalue weighted by atomic mass is 10.2. The molecular formula is C25H34N9O3+. The van der Waals surface area contributed by atoms with Crippen molar-refractivity contribution >= 4 is 23.4 Å². The Hall–Kier alpha value is -4.06. The van der Waals surface area contributed by atoms with Crippen molar-refractivity contribution in [2.24, 2.45) is 0 Å². The van der Waals surface area contributed by atoms with Crippen molar-refractivity contribution in [1.29, 1.82) is 0 Å². The van der Waals surface area contributed by atoms with Crippen molar-refractivity contribution in [3.8, 4) is 0 Å². The van der Waals surface area contributed by atoms with Crippen molar-refractivity contribution in [1.82, 2.24) is 29.4 Å². The third kappa shape index (κ3) is 7.23. The van der Waals surface area contributed by atoms with Gasteiger partial charge in [-0.1, -0.05) is 6.92 Å². The number of hydrogen-bond acceptors (Lipinski definition) is 9. The van der Waals surface area contributed by atoms with Crippen LogP contribution >= 0.6 is 0 Å². The van der Waals surface area contributed by atoms with Crippen molar-refractivity contribution < 1.29 is 19.3 Å². The van der Waals surface area contributed by atoms with E-state index in [9.17, 15) is 4.79 Å². The fraction of sp³-hybridized carbons (Fsp3) is 0.440. The predicted octanol–water partition coefficient (Wildman–Crippen LogP) is 2.76. The van der Waals surface area contributed by atoms with E-state index in [1.807, 2.05) is 35.2 Å². The highest BCUT2D eigenvalue weighted by molar-refractivity contribution is 5.69. The van der Waals surface area contributed by atoms with Gasteiger partial charge in [0, 0.05) is 42.8 Å². The third-order valence-corrected chi connectivity index (χ3v) is 5.31. The predicted molar refractivity (Wildman–Crippen MR) is 137 cm³/mol. The van der Waals surface area contributed by atoms with Crippen LogP contribution in [-0.2, 0) is 28.9 Å². The molecule has 0 aliphatic rings. The quantitative estimate of drug-likeness (QED) is 0.293. The highest BCUT2D eigenvalue weighted by Gasteiger charge is 2.19. The van der Waals surface area contributed by atoms with Gasteiger partial charge in [0.15, 0.2) is 23.9 Å². The maximum absolute atomic E-state index is 12.0. The molecule has 0 fully saturated rings. The molecule has 0 spiro atoms. The van der Waals surface area contributed by atoms with Crippen LogP contribution in [0.5, 0.6) is 0 Å². The number of hydrogen-bond donors (Lipinski definition) is 2. The number of carbonyl (C=O) groups excluding carboxylic acids is 1. The van der Waals surface area contributed by atoms with E-state index in [0.29, 0.717) is 38.5 Å². The number of pyridine rings is 1.